The lowest BCUT2D eigenvalue weighted by Gasteiger charge is -2.43. The summed E-state index contributed by atoms with van der Waals surface area (Å²) in [7, 11) is -3.17. The van der Waals surface area contributed by atoms with E-state index in [9.17, 15) is 22.0 Å². The first-order valence-corrected chi connectivity index (χ1v) is 13.0. The molecule has 3 aromatic rings. The van der Waals surface area contributed by atoms with Crippen LogP contribution < -0.4 is 9.64 Å². The van der Waals surface area contributed by atoms with Crippen LogP contribution in [0.5, 0.6) is 5.88 Å². The fourth-order valence-electron chi connectivity index (χ4n) is 4.33. The number of hydrogen-bond donors (Lipinski definition) is 0. The van der Waals surface area contributed by atoms with Crippen LogP contribution in [0, 0.1) is 6.92 Å². The summed E-state index contributed by atoms with van der Waals surface area (Å²) in [4.78, 5) is 15.9. The van der Waals surface area contributed by atoms with Gasteiger partial charge in [-0.25, -0.2) is 21.9 Å². The molecule has 5 rings (SSSR count). The molecule has 14 heteroatoms. The minimum Gasteiger partial charge on any atom is -0.470 e. The molecule has 1 amide bonds. The molecule has 11 nitrogen and oxygen atoms in total. The van der Waals surface area contributed by atoms with Crippen LogP contribution in [-0.4, -0.2) is 81.6 Å². The molecule has 1 atom stereocenters. The fourth-order valence-corrected chi connectivity index (χ4v) is 5.84. The van der Waals surface area contributed by atoms with Crippen molar-refractivity contribution in [1.82, 2.24) is 30.1 Å². The zero-order valence-corrected chi connectivity index (χ0v) is 20.1. The van der Waals surface area contributed by atoms with E-state index in [1.54, 1.807) is 28.9 Å². The SMILES string of the molecule is Cc1nnn(-c2ccc(C(F)F)cc2)c1COc1ccc(N2CC(=O)N3CCS(=O)(=O)C[C@H]3C2)nn1. The first-order chi connectivity index (χ1) is 17.2. The first-order valence-electron chi connectivity index (χ1n) is 11.2. The van der Waals surface area contributed by atoms with Crippen molar-refractivity contribution in [3.8, 4) is 11.6 Å². The maximum Gasteiger partial charge on any atom is 0.263 e. The monoisotopic (exact) mass is 519 g/mol. The Bertz CT molecular complexity index is 1360. The molecule has 36 heavy (non-hydrogen) atoms. The van der Waals surface area contributed by atoms with Crippen LogP contribution in [0.1, 0.15) is 23.4 Å². The molecule has 0 bridgehead atoms. The number of carbonyl (C=O) groups is 1. The number of sulfone groups is 1. The number of piperazine rings is 1. The molecule has 2 aromatic heterocycles. The van der Waals surface area contributed by atoms with Crippen molar-refractivity contribution in [1.29, 1.82) is 0 Å². The van der Waals surface area contributed by atoms with E-state index in [4.69, 9.17) is 4.74 Å². The third kappa shape index (κ3) is 4.85. The minimum atomic E-state index is -3.17. The van der Waals surface area contributed by atoms with Gasteiger partial charge in [-0.3, -0.25) is 4.79 Å². The van der Waals surface area contributed by atoms with Crippen molar-refractivity contribution >= 4 is 21.6 Å². The van der Waals surface area contributed by atoms with E-state index in [1.165, 1.54) is 28.9 Å². The van der Waals surface area contributed by atoms with E-state index in [1.807, 2.05) is 0 Å². The smallest absolute Gasteiger partial charge is 0.263 e. The van der Waals surface area contributed by atoms with E-state index < -0.39 is 22.3 Å². The molecule has 0 saturated carbocycles. The lowest BCUT2D eigenvalue weighted by Crippen LogP contribution is -2.62. The molecule has 4 heterocycles. The summed E-state index contributed by atoms with van der Waals surface area (Å²) in [6, 6.07) is 8.59. The van der Waals surface area contributed by atoms with Gasteiger partial charge in [0.1, 0.15) is 12.3 Å². The van der Waals surface area contributed by atoms with Gasteiger partial charge in [0.05, 0.1) is 35.5 Å². The van der Waals surface area contributed by atoms with Crippen LogP contribution in [0.4, 0.5) is 14.6 Å². The molecular weight excluding hydrogens is 496 g/mol. The highest BCUT2D eigenvalue weighted by Gasteiger charge is 2.39. The predicted molar refractivity (Wildman–Crippen MR) is 124 cm³/mol. The number of anilines is 1. The van der Waals surface area contributed by atoms with E-state index in [0.29, 0.717) is 29.4 Å². The van der Waals surface area contributed by atoms with Crippen LogP contribution in [0.15, 0.2) is 36.4 Å². The average Bonchev–Trinajstić information content (AvgIpc) is 3.22. The summed E-state index contributed by atoms with van der Waals surface area (Å²) in [6.45, 7) is 2.49. The second kappa shape index (κ2) is 9.41. The number of halogens is 2. The lowest BCUT2D eigenvalue weighted by atomic mass is 10.2. The van der Waals surface area contributed by atoms with Gasteiger partial charge in [-0.05, 0) is 25.1 Å². The standard InChI is InChI=1S/C22H23F2N7O4S/c1-14-18(31(28-25-14)16-4-2-15(3-5-16)22(23)24)12-35-20-7-6-19(26-27-20)29-10-17-13-36(33,34)9-8-30(17)21(32)11-29/h2-7,17,22H,8-13H2,1H3/t17-/m1/s1. The van der Waals surface area contributed by atoms with Crippen molar-refractivity contribution in [2.75, 3.05) is 36.0 Å². The van der Waals surface area contributed by atoms with Gasteiger partial charge in [-0.1, -0.05) is 17.3 Å². The highest BCUT2D eigenvalue weighted by atomic mass is 32.2. The number of hydrogen-bond acceptors (Lipinski definition) is 9. The summed E-state index contributed by atoms with van der Waals surface area (Å²) in [6.07, 6.45) is -2.56. The molecule has 2 fully saturated rings. The summed E-state index contributed by atoms with van der Waals surface area (Å²) in [5.41, 5.74) is 1.70. The quantitative estimate of drug-likeness (QED) is 0.474. The Labute approximate surface area is 205 Å². The molecule has 190 valence electrons. The third-order valence-electron chi connectivity index (χ3n) is 6.26. The number of ether oxygens (including phenoxy) is 1. The first kappa shape index (κ1) is 24.0. The second-order valence-corrected chi connectivity index (χ2v) is 10.9. The number of nitrogens with zero attached hydrogens (tertiary/aromatic N) is 7. The minimum absolute atomic E-state index is 0.00397. The Morgan fingerprint density at radius 2 is 1.89 bits per heavy atom. The number of aryl methyl sites for hydroxylation is 1. The van der Waals surface area contributed by atoms with Gasteiger partial charge >= 0.3 is 0 Å². The Kier molecular flexibility index (Phi) is 6.28. The molecular formula is C22H23F2N7O4S. The number of amides is 1. The Balaban J connectivity index is 1.26. The average molecular weight is 520 g/mol. The summed E-state index contributed by atoms with van der Waals surface area (Å²) in [5, 5.41) is 16.4. The largest absolute Gasteiger partial charge is 0.470 e. The number of aromatic nitrogens is 5. The maximum absolute atomic E-state index is 12.9. The number of carbonyl (C=O) groups excluding carboxylic acids is 1. The summed E-state index contributed by atoms with van der Waals surface area (Å²) >= 11 is 0. The molecule has 2 aliphatic rings. The molecule has 0 spiro atoms. The van der Waals surface area contributed by atoms with E-state index in [2.05, 4.69) is 20.5 Å². The number of benzene rings is 1. The maximum atomic E-state index is 12.9. The zero-order chi connectivity index (χ0) is 25.4. The Morgan fingerprint density at radius 1 is 1.11 bits per heavy atom. The van der Waals surface area contributed by atoms with Gasteiger partial charge in [-0.15, -0.1) is 15.3 Å². The molecule has 0 unspecified atom stereocenters. The van der Waals surface area contributed by atoms with E-state index in [-0.39, 0.29) is 48.6 Å². The highest BCUT2D eigenvalue weighted by Crippen LogP contribution is 2.24. The molecule has 0 N–H and O–H groups in total. The van der Waals surface area contributed by atoms with Crippen LogP contribution in [0.3, 0.4) is 0 Å². The molecule has 2 saturated heterocycles. The second-order valence-electron chi connectivity index (χ2n) is 8.68. The number of fused-ring (bicyclic) bond motifs is 1. The number of alkyl halides is 2. The molecule has 1 aromatic carbocycles. The Hall–Kier alpha value is -3.68. The van der Waals surface area contributed by atoms with E-state index >= 15 is 0 Å². The normalized spacial score (nSPS) is 19.4. The predicted octanol–water partition coefficient (Wildman–Crippen LogP) is 1.33. The Morgan fingerprint density at radius 3 is 2.58 bits per heavy atom. The van der Waals surface area contributed by atoms with Crippen molar-refractivity contribution in [2.24, 2.45) is 0 Å². The van der Waals surface area contributed by atoms with Gasteiger partial charge in [0.2, 0.25) is 11.8 Å². The summed E-state index contributed by atoms with van der Waals surface area (Å²) < 4.78 is 57.0. The van der Waals surface area contributed by atoms with Crippen molar-refractivity contribution in [2.45, 2.75) is 26.0 Å². The van der Waals surface area contributed by atoms with Gasteiger partial charge in [0, 0.05) is 24.7 Å². The molecule has 0 aliphatic carbocycles. The van der Waals surface area contributed by atoms with Crippen molar-refractivity contribution in [3.05, 3.63) is 53.3 Å². The van der Waals surface area contributed by atoms with Crippen molar-refractivity contribution < 1.29 is 26.7 Å². The highest BCUT2D eigenvalue weighted by molar-refractivity contribution is 7.91. The van der Waals surface area contributed by atoms with Crippen molar-refractivity contribution in [3.63, 3.8) is 0 Å². The van der Waals surface area contributed by atoms with Gasteiger partial charge in [-0.2, -0.15) is 0 Å². The van der Waals surface area contributed by atoms with Crippen LogP contribution >= 0.6 is 0 Å². The van der Waals surface area contributed by atoms with E-state index in [0.717, 1.165) is 0 Å². The molecule has 0 radical (unpaired) electrons. The lowest BCUT2D eigenvalue weighted by molar-refractivity contribution is -0.133. The topological polar surface area (TPSA) is 123 Å². The fraction of sp³-hybridized carbons (Fsp3) is 0.409. The van der Waals surface area contributed by atoms with Crippen LogP contribution in [0.2, 0.25) is 0 Å². The van der Waals surface area contributed by atoms with Crippen LogP contribution in [0.25, 0.3) is 5.69 Å². The number of rotatable bonds is 6. The van der Waals surface area contributed by atoms with Gasteiger partial charge in [0.15, 0.2) is 15.7 Å². The zero-order valence-electron chi connectivity index (χ0n) is 19.3. The third-order valence-corrected chi connectivity index (χ3v) is 7.96. The molecule has 2 aliphatic heterocycles. The van der Waals surface area contributed by atoms with Gasteiger partial charge < -0.3 is 14.5 Å². The van der Waals surface area contributed by atoms with Crippen LogP contribution in [-0.2, 0) is 21.2 Å². The van der Waals surface area contributed by atoms with Gasteiger partial charge in [0.25, 0.3) is 6.43 Å². The summed E-state index contributed by atoms with van der Waals surface area (Å²) in [5.74, 6) is 0.469.